The van der Waals surface area contributed by atoms with Crippen LogP contribution in [0, 0.1) is 0 Å². The highest BCUT2D eigenvalue weighted by Gasteiger charge is 2.71. The normalized spacial score (nSPS) is 22.1. The van der Waals surface area contributed by atoms with Crippen molar-refractivity contribution in [3.63, 3.8) is 0 Å². The van der Waals surface area contributed by atoms with Crippen LogP contribution in [0.4, 0.5) is 13.2 Å². The van der Waals surface area contributed by atoms with Gasteiger partial charge in [-0.3, -0.25) is 4.55 Å². The zero-order chi connectivity index (χ0) is 27.0. The third-order valence-electron chi connectivity index (χ3n) is 6.10. The summed E-state index contributed by atoms with van der Waals surface area (Å²) in [5, 5.41) is 0. The maximum absolute atomic E-state index is 17.7. The Balaban J connectivity index is 2.33. The number of carbonyl (C=O) groups excluding carboxylic acids is 1. The van der Waals surface area contributed by atoms with Crippen molar-refractivity contribution >= 4 is 21.7 Å². The molecule has 0 bridgehead atoms. The standard InChI is InChI=1S/C28H21F3O5S/c1-18(2)26(32)36-24-22(19-12-6-3-7-13-19)28(37(33,34)35,21-16-10-5-11-17-21)27(31,25(30)23(24)29)20-14-8-4-9-15-20/h3-17H,1H2,2H3,(H,33,34,35). The fourth-order valence-electron chi connectivity index (χ4n) is 4.53. The Morgan fingerprint density at radius 1 is 0.865 bits per heavy atom. The second-order valence-corrected chi connectivity index (χ2v) is 9.98. The van der Waals surface area contributed by atoms with E-state index in [-0.39, 0.29) is 11.1 Å². The molecule has 3 aromatic rings. The molecule has 9 heteroatoms. The van der Waals surface area contributed by atoms with Gasteiger partial charge in [0, 0.05) is 11.1 Å². The lowest BCUT2D eigenvalue weighted by molar-refractivity contribution is -0.135. The predicted molar refractivity (Wildman–Crippen MR) is 132 cm³/mol. The van der Waals surface area contributed by atoms with E-state index in [0.29, 0.717) is 0 Å². The minimum Gasteiger partial charge on any atom is -0.420 e. The molecule has 0 amide bonds. The molecule has 0 radical (unpaired) electrons. The van der Waals surface area contributed by atoms with Crippen LogP contribution < -0.4 is 0 Å². The fourth-order valence-corrected chi connectivity index (χ4v) is 6.00. The molecule has 3 aromatic carbocycles. The number of alkyl halides is 1. The van der Waals surface area contributed by atoms with Crippen LogP contribution in [0.3, 0.4) is 0 Å². The monoisotopic (exact) mass is 526 g/mol. The molecular formula is C28H21F3O5S. The zero-order valence-corrected chi connectivity index (χ0v) is 20.3. The molecule has 0 aromatic heterocycles. The van der Waals surface area contributed by atoms with Crippen LogP contribution in [0.1, 0.15) is 23.6 Å². The molecule has 190 valence electrons. The lowest BCUT2D eigenvalue weighted by atomic mass is 9.68. The molecule has 1 aliphatic rings. The van der Waals surface area contributed by atoms with Gasteiger partial charge < -0.3 is 4.74 Å². The van der Waals surface area contributed by atoms with Gasteiger partial charge in [0.15, 0.2) is 16.3 Å². The lowest BCUT2D eigenvalue weighted by Crippen LogP contribution is -2.55. The van der Waals surface area contributed by atoms with E-state index in [2.05, 4.69) is 6.58 Å². The van der Waals surface area contributed by atoms with E-state index >= 15 is 13.2 Å². The Kier molecular flexibility index (Phi) is 6.70. The van der Waals surface area contributed by atoms with Crippen molar-refractivity contribution in [1.29, 1.82) is 0 Å². The van der Waals surface area contributed by atoms with Gasteiger partial charge in [-0.05, 0) is 23.6 Å². The molecule has 0 aliphatic heterocycles. The summed E-state index contributed by atoms with van der Waals surface area (Å²) in [6, 6.07) is 19.8. The molecule has 0 saturated heterocycles. The van der Waals surface area contributed by atoms with Gasteiger partial charge in [-0.15, -0.1) is 0 Å². The minimum absolute atomic E-state index is 0.144. The summed E-state index contributed by atoms with van der Waals surface area (Å²) in [6.45, 7) is 4.65. The van der Waals surface area contributed by atoms with Gasteiger partial charge in [0.25, 0.3) is 10.1 Å². The Bertz CT molecular complexity index is 1530. The van der Waals surface area contributed by atoms with Crippen LogP contribution in [0.5, 0.6) is 0 Å². The number of allylic oxidation sites excluding steroid dienone is 2. The Hall–Kier alpha value is -3.95. The zero-order valence-electron chi connectivity index (χ0n) is 19.5. The quantitative estimate of drug-likeness (QED) is 0.231. The molecule has 37 heavy (non-hydrogen) atoms. The second kappa shape index (κ2) is 9.49. The molecule has 0 heterocycles. The summed E-state index contributed by atoms with van der Waals surface area (Å²) in [6.07, 6.45) is 0. The molecule has 1 N–H and O–H groups in total. The third kappa shape index (κ3) is 3.91. The summed E-state index contributed by atoms with van der Waals surface area (Å²) in [5.41, 5.74) is -6.03. The number of carbonyl (C=O) groups is 1. The van der Waals surface area contributed by atoms with Crippen LogP contribution in [0.2, 0.25) is 0 Å². The SMILES string of the molecule is C=C(C)C(=O)OC1=C(c2ccccc2)C(c2ccccc2)(S(=O)(=O)O)C(F)(c2ccccc2)C(F)=C1F. The molecule has 4 rings (SSSR count). The predicted octanol–water partition coefficient (Wildman–Crippen LogP) is 6.33. The van der Waals surface area contributed by atoms with E-state index in [0.717, 1.165) is 24.3 Å². The van der Waals surface area contributed by atoms with Crippen molar-refractivity contribution < 1.29 is 35.7 Å². The van der Waals surface area contributed by atoms with Crippen molar-refractivity contribution in [3.8, 4) is 0 Å². The average Bonchev–Trinajstić information content (AvgIpc) is 2.89. The molecule has 1 aliphatic carbocycles. The Morgan fingerprint density at radius 3 is 1.78 bits per heavy atom. The summed E-state index contributed by atoms with van der Waals surface area (Å²) in [5.74, 6) is -6.53. The number of hydrogen-bond donors (Lipinski definition) is 1. The highest BCUT2D eigenvalue weighted by atomic mass is 32.2. The van der Waals surface area contributed by atoms with Crippen LogP contribution in [-0.2, 0) is 30.1 Å². The van der Waals surface area contributed by atoms with E-state index in [1.54, 1.807) is 6.07 Å². The first-order valence-electron chi connectivity index (χ1n) is 11.0. The van der Waals surface area contributed by atoms with Crippen molar-refractivity contribution in [2.24, 2.45) is 0 Å². The van der Waals surface area contributed by atoms with Crippen LogP contribution >= 0.6 is 0 Å². The van der Waals surface area contributed by atoms with Crippen molar-refractivity contribution in [2.45, 2.75) is 17.3 Å². The van der Waals surface area contributed by atoms with Gasteiger partial charge in [0.05, 0.1) is 0 Å². The van der Waals surface area contributed by atoms with Gasteiger partial charge in [0.2, 0.25) is 11.5 Å². The molecule has 2 unspecified atom stereocenters. The van der Waals surface area contributed by atoms with E-state index in [4.69, 9.17) is 4.74 Å². The average molecular weight is 527 g/mol. The van der Waals surface area contributed by atoms with Crippen LogP contribution in [-0.4, -0.2) is 18.9 Å². The van der Waals surface area contributed by atoms with E-state index in [9.17, 15) is 17.8 Å². The van der Waals surface area contributed by atoms with E-state index in [1.165, 1.54) is 67.6 Å². The number of esters is 1. The van der Waals surface area contributed by atoms with Crippen LogP contribution in [0.25, 0.3) is 5.57 Å². The number of halogens is 3. The summed E-state index contributed by atoms with van der Waals surface area (Å²) in [7, 11) is -5.73. The lowest BCUT2D eigenvalue weighted by Gasteiger charge is -2.46. The number of ether oxygens (including phenoxy) is 1. The van der Waals surface area contributed by atoms with Gasteiger partial charge in [-0.25, -0.2) is 13.6 Å². The minimum atomic E-state index is -5.73. The second-order valence-electron chi connectivity index (χ2n) is 8.41. The molecule has 0 saturated carbocycles. The largest absolute Gasteiger partial charge is 0.420 e. The molecule has 0 spiro atoms. The topological polar surface area (TPSA) is 80.7 Å². The van der Waals surface area contributed by atoms with Gasteiger partial charge in [-0.1, -0.05) is 97.6 Å². The summed E-state index contributed by atoms with van der Waals surface area (Å²) >= 11 is 0. The summed E-state index contributed by atoms with van der Waals surface area (Å²) < 4.78 is 89.3. The highest BCUT2D eigenvalue weighted by Crippen LogP contribution is 2.64. The molecule has 2 atom stereocenters. The van der Waals surface area contributed by atoms with Crippen LogP contribution in [0.15, 0.2) is 121 Å². The van der Waals surface area contributed by atoms with Crippen molar-refractivity contribution in [3.05, 3.63) is 137 Å². The number of rotatable bonds is 6. The number of benzene rings is 3. The molecule has 5 nitrogen and oxygen atoms in total. The first kappa shape index (κ1) is 26.1. The fraction of sp³-hybridized carbons (Fsp3) is 0.107. The summed E-state index contributed by atoms with van der Waals surface area (Å²) in [4.78, 5) is 12.5. The first-order valence-corrected chi connectivity index (χ1v) is 12.4. The third-order valence-corrected chi connectivity index (χ3v) is 7.60. The smallest absolute Gasteiger partial charge is 0.338 e. The van der Waals surface area contributed by atoms with Gasteiger partial charge in [-0.2, -0.15) is 12.8 Å². The molecular weight excluding hydrogens is 505 g/mol. The Labute approximate surface area is 212 Å². The number of hydrogen-bond acceptors (Lipinski definition) is 4. The Morgan fingerprint density at radius 2 is 1.32 bits per heavy atom. The van der Waals surface area contributed by atoms with E-state index in [1.807, 2.05) is 0 Å². The molecule has 0 fully saturated rings. The van der Waals surface area contributed by atoms with Crippen molar-refractivity contribution in [1.82, 2.24) is 0 Å². The van der Waals surface area contributed by atoms with Gasteiger partial charge >= 0.3 is 5.97 Å². The maximum atomic E-state index is 17.7. The maximum Gasteiger partial charge on any atom is 0.338 e. The van der Waals surface area contributed by atoms with E-state index < -0.39 is 60.6 Å². The highest BCUT2D eigenvalue weighted by molar-refractivity contribution is 7.87. The van der Waals surface area contributed by atoms with Crippen molar-refractivity contribution in [2.75, 3.05) is 0 Å². The van der Waals surface area contributed by atoms with Gasteiger partial charge in [0.1, 0.15) is 0 Å². The first-order chi connectivity index (χ1) is 17.5.